The van der Waals surface area contributed by atoms with Crippen molar-refractivity contribution in [1.29, 1.82) is 0 Å². The largest absolute Gasteiger partial charge is 0.462 e. The van der Waals surface area contributed by atoms with Gasteiger partial charge in [0.25, 0.3) is 0 Å². The lowest BCUT2D eigenvalue weighted by Gasteiger charge is -2.18. The van der Waals surface area contributed by atoms with Gasteiger partial charge in [0.15, 0.2) is 6.10 Å². The molecule has 0 rings (SSSR count). The fourth-order valence-corrected chi connectivity index (χ4v) is 8.17. The Bertz CT molecular complexity index is 916. The van der Waals surface area contributed by atoms with Crippen LogP contribution in [0.4, 0.5) is 0 Å². The molecule has 0 spiro atoms. The molecule has 0 aliphatic heterocycles. The molecule has 0 aliphatic rings. The normalized spacial score (nSPS) is 12.1. The van der Waals surface area contributed by atoms with Crippen molar-refractivity contribution < 1.29 is 28.6 Å². The molecule has 60 heavy (non-hydrogen) atoms. The second kappa shape index (κ2) is 46.9. The van der Waals surface area contributed by atoms with E-state index in [1.54, 1.807) is 0 Å². The average molecular weight is 849 g/mol. The molecule has 0 saturated heterocycles. The van der Waals surface area contributed by atoms with Gasteiger partial charge in [0.2, 0.25) is 0 Å². The van der Waals surface area contributed by atoms with Crippen molar-refractivity contribution in [2.45, 2.75) is 304 Å². The van der Waals surface area contributed by atoms with Crippen LogP contribution in [0.5, 0.6) is 0 Å². The minimum atomic E-state index is -0.761. The van der Waals surface area contributed by atoms with Gasteiger partial charge in [0.05, 0.1) is 0 Å². The minimum absolute atomic E-state index is 0.0633. The van der Waals surface area contributed by atoms with Crippen LogP contribution in [0.25, 0.3) is 0 Å². The fourth-order valence-electron chi connectivity index (χ4n) is 8.17. The molecule has 0 bridgehead atoms. The molecule has 0 heterocycles. The van der Waals surface area contributed by atoms with Gasteiger partial charge in [-0.15, -0.1) is 0 Å². The van der Waals surface area contributed by atoms with E-state index in [2.05, 4.69) is 34.6 Å². The average Bonchev–Trinajstić information content (AvgIpc) is 3.22. The number of carbonyl (C=O) groups is 3. The molecule has 0 radical (unpaired) electrons. The van der Waals surface area contributed by atoms with E-state index in [4.69, 9.17) is 14.2 Å². The number of unbranched alkanes of at least 4 members (excludes halogenated alkanes) is 33. The minimum Gasteiger partial charge on any atom is -0.462 e. The first kappa shape index (κ1) is 58.4. The molecule has 0 fully saturated rings. The lowest BCUT2D eigenvalue weighted by atomic mass is 10.0. The van der Waals surface area contributed by atoms with E-state index < -0.39 is 6.10 Å². The lowest BCUT2D eigenvalue weighted by molar-refractivity contribution is -0.167. The Hall–Kier alpha value is -1.59. The third kappa shape index (κ3) is 47.5. The highest BCUT2D eigenvalue weighted by molar-refractivity contribution is 5.71. The van der Waals surface area contributed by atoms with Gasteiger partial charge >= 0.3 is 17.9 Å². The molecule has 0 aliphatic carbocycles. The van der Waals surface area contributed by atoms with Crippen LogP contribution in [-0.4, -0.2) is 37.2 Å². The Kier molecular flexibility index (Phi) is 45.7. The Balaban J connectivity index is 4.28. The zero-order chi connectivity index (χ0) is 44.0. The maximum absolute atomic E-state index is 12.8. The Morgan fingerprint density at radius 3 is 0.817 bits per heavy atom. The van der Waals surface area contributed by atoms with Crippen molar-refractivity contribution >= 4 is 17.9 Å². The standard InChI is InChI=1S/C54H104O6/c1-6-7-8-9-10-11-12-18-26-31-36-41-46-54(57)60-51(48-59-53(56)45-40-35-30-25-21-20-23-28-33-38-43-50(4)5)47-58-52(55)44-39-34-29-24-19-16-14-13-15-17-22-27-32-37-42-49(2)3/h49-51H,6-48H2,1-5H3/t51-/m1/s1. The van der Waals surface area contributed by atoms with Gasteiger partial charge in [0.1, 0.15) is 13.2 Å². The third-order valence-corrected chi connectivity index (χ3v) is 12.2. The highest BCUT2D eigenvalue weighted by Crippen LogP contribution is 2.17. The van der Waals surface area contributed by atoms with Crippen LogP contribution < -0.4 is 0 Å². The lowest BCUT2D eigenvalue weighted by Crippen LogP contribution is -2.30. The van der Waals surface area contributed by atoms with Gasteiger partial charge in [-0.05, 0) is 31.1 Å². The maximum Gasteiger partial charge on any atom is 0.306 e. The quantitative estimate of drug-likeness (QED) is 0.0345. The summed E-state index contributed by atoms with van der Waals surface area (Å²) in [5.74, 6) is 0.818. The third-order valence-electron chi connectivity index (χ3n) is 12.2. The molecule has 6 nitrogen and oxygen atoms in total. The van der Waals surface area contributed by atoms with Gasteiger partial charge in [-0.2, -0.15) is 0 Å². The monoisotopic (exact) mass is 849 g/mol. The topological polar surface area (TPSA) is 78.9 Å². The summed E-state index contributed by atoms with van der Waals surface area (Å²) in [4.78, 5) is 38.0. The molecule has 0 N–H and O–H groups in total. The van der Waals surface area contributed by atoms with E-state index in [0.29, 0.717) is 19.3 Å². The Morgan fingerprint density at radius 1 is 0.317 bits per heavy atom. The van der Waals surface area contributed by atoms with Crippen LogP contribution in [-0.2, 0) is 28.6 Å². The molecule has 0 amide bonds. The summed E-state index contributed by atoms with van der Waals surface area (Å²) >= 11 is 0. The highest BCUT2D eigenvalue weighted by Gasteiger charge is 2.19. The number of ether oxygens (including phenoxy) is 3. The van der Waals surface area contributed by atoms with Crippen molar-refractivity contribution in [1.82, 2.24) is 0 Å². The van der Waals surface area contributed by atoms with Gasteiger partial charge in [-0.3, -0.25) is 14.4 Å². The molecule has 356 valence electrons. The van der Waals surface area contributed by atoms with E-state index in [9.17, 15) is 14.4 Å². The first-order valence-corrected chi connectivity index (χ1v) is 26.7. The Morgan fingerprint density at radius 2 is 0.550 bits per heavy atom. The first-order chi connectivity index (χ1) is 29.2. The summed E-state index contributed by atoms with van der Waals surface area (Å²) in [6, 6.07) is 0. The van der Waals surface area contributed by atoms with Crippen molar-refractivity contribution in [2.24, 2.45) is 11.8 Å². The summed E-state index contributed by atoms with van der Waals surface area (Å²) in [5.41, 5.74) is 0. The van der Waals surface area contributed by atoms with Crippen molar-refractivity contribution in [3.8, 4) is 0 Å². The van der Waals surface area contributed by atoms with E-state index in [1.807, 2.05) is 0 Å². The van der Waals surface area contributed by atoms with Gasteiger partial charge in [-0.25, -0.2) is 0 Å². The number of esters is 3. The highest BCUT2D eigenvalue weighted by atomic mass is 16.6. The van der Waals surface area contributed by atoms with Crippen LogP contribution in [0.1, 0.15) is 298 Å². The van der Waals surface area contributed by atoms with Crippen LogP contribution >= 0.6 is 0 Å². The summed E-state index contributed by atoms with van der Waals surface area (Å²) in [6.45, 7) is 11.4. The number of hydrogen-bond donors (Lipinski definition) is 0. The van der Waals surface area contributed by atoms with Crippen molar-refractivity contribution in [3.05, 3.63) is 0 Å². The predicted octanol–water partition coefficient (Wildman–Crippen LogP) is 17.3. The second-order valence-electron chi connectivity index (χ2n) is 19.5. The van der Waals surface area contributed by atoms with Crippen molar-refractivity contribution in [3.63, 3.8) is 0 Å². The number of carbonyl (C=O) groups excluding carboxylic acids is 3. The zero-order valence-corrected chi connectivity index (χ0v) is 41.1. The molecule has 0 aromatic carbocycles. The SMILES string of the molecule is CCCCCCCCCCCCCCC(=O)O[C@H](COC(=O)CCCCCCCCCCCCCCCCC(C)C)COC(=O)CCCCCCCCCCCCC(C)C. The molecule has 1 atom stereocenters. The van der Waals surface area contributed by atoms with Gasteiger partial charge in [0, 0.05) is 19.3 Å². The molecule has 0 aromatic heterocycles. The van der Waals surface area contributed by atoms with E-state index in [1.165, 1.54) is 186 Å². The van der Waals surface area contributed by atoms with Gasteiger partial charge < -0.3 is 14.2 Å². The van der Waals surface area contributed by atoms with Gasteiger partial charge in [-0.1, -0.05) is 259 Å². The molecular formula is C54H104O6. The van der Waals surface area contributed by atoms with Crippen molar-refractivity contribution in [2.75, 3.05) is 13.2 Å². The summed E-state index contributed by atoms with van der Waals surface area (Å²) < 4.78 is 16.8. The molecule has 0 unspecified atom stereocenters. The number of rotatable bonds is 48. The summed E-state index contributed by atoms with van der Waals surface area (Å²) in [5, 5.41) is 0. The molecular weight excluding hydrogens is 745 g/mol. The zero-order valence-electron chi connectivity index (χ0n) is 41.1. The first-order valence-electron chi connectivity index (χ1n) is 26.7. The van der Waals surface area contributed by atoms with E-state index in [0.717, 1.165) is 69.6 Å². The van der Waals surface area contributed by atoms with Crippen LogP contribution in [0.15, 0.2) is 0 Å². The van der Waals surface area contributed by atoms with Crippen LogP contribution in [0.3, 0.4) is 0 Å². The predicted molar refractivity (Wildman–Crippen MR) is 256 cm³/mol. The fraction of sp³-hybridized carbons (Fsp3) is 0.944. The van der Waals surface area contributed by atoms with Crippen LogP contribution in [0.2, 0.25) is 0 Å². The maximum atomic E-state index is 12.8. The smallest absolute Gasteiger partial charge is 0.306 e. The Labute approximate surface area is 374 Å². The summed E-state index contributed by atoms with van der Waals surface area (Å²) in [6.07, 6.45) is 48.0. The molecule has 0 aromatic rings. The second-order valence-corrected chi connectivity index (χ2v) is 19.5. The van der Waals surface area contributed by atoms with E-state index in [-0.39, 0.29) is 31.1 Å². The molecule has 6 heteroatoms. The van der Waals surface area contributed by atoms with Crippen LogP contribution in [0, 0.1) is 11.8 Å². The summed E-state index contributed by atoms with van der Waals surface area (Å²) in [7, 11) is 0. The number of hydrogen-bond acceptors (Lipinski definition) is 6. The van der Waals surface area contributed by atoms with E-state index >= 15 is 0 Å². The molecule has 0 saturated carbocycles.